The molecule has 0 fully saturated rings. The van der Waals surface area contributed by atoms with Gasteiger partial charge in [0.1, 0.15) is 6.54 Å². The molecular weight excluding hydrogens is 413 g/mol. The number of guanidine groups is 1. The van der Waals surface area contributed by atoms with Gasteiger partial charge in [-0.25, -0.2) is 4.99 Å². The van der Waals surface area contributed by atoms with Crippen LogP contribution in [0.15, 0.2) is 21.6 Å². The van der Waals surface area contributed by atoms with E-state index in [2.05, 4.69) is 44.8 Å². The van der Waals surface area contributed by atoms with Crippen LogP contribution in [0.4, 0.5) is 0 Å². The smallest absolute Gasteiger partial charge is 0.223 e. The minimum absolute atomic E-state index is 0. The fraction of sp³-hybridized carbons (Fsp3) is 0.500. The summed E-state index contributed by atoms with van der Waals surface area (Å²) in [7, 11) is 0. The van der Waals surface area contributed by atoms with Crippen molar-refractivity contribution in [3.63, 3.8) is 0 Å². The van der Waals surface area contributed by atoms with E-state index in [0.29, 0.717) is 18.3 Å². The molecule has 0 aliphatic rings. The summed E-state index contributed by atoms with van der Waals surface area (Å²) in [5.74, 6) is 1.91. The third-order valence-electron chi connectivity index (χ3n) is 2.79. The maximum absolute atomic E-state index is 4.93. The molecule has 0 radical (unpaired) electrons. The fourth-order valence-corrected chi connectivity index (χ4v) is 2.67. The van der Waals surface area contributed by atoms with E-state index in [0.717, 1.165) is 25.5 Å². The average Bonchev–Trinajstić information content (AvgIpc) is 3.10. The second-order valence-electron chi connectivity index (χ2n) is 4.50. The lowest BCUT2D eigenvalue weighted by Gasteiger charge is -2.09. The van der Waals surface area contributed by atoms with E-state index in [-0.39, 0.29) is 24.0 Å². The highest BCUT2D eigenvalue weighted by Crippen LogP contribution is 2.16. The fourth-order valence-electron chi connectivity index (χ4n) is 1.78. The van der Waals surface area contributed by atoms with Gasteiger partial charge >= 0.3 is 0 Å². The Hall–Kier alpha value is -1.16. The van der Waals surface area contributed by atoms with Crippen LogP contribution in [-0.4, -0.2) is 22.6 Å². The molecule has 122 valence electrons. The minimum atomic E-state index is 0. The SMILES string of the molecule is CCNC(=NCc1noc(C)n1)NCc1ccc(CC)s1.I. The lowest BCUT2D eigenvalue weighted by molar-refractivity contribution is 0.387. The van der Waals surface area contributed by atoms with Crippen molar-refractivity contribution in [3.8, 4) is 0 Å². The van der Waals surface area contributed by atoms with Gasteiger partial charge in [-0.15, -0.1) is 35.3 Å². The standard InChI is InChI=1S/C14H21N5OS.HI/c1-4-11-6-7-12(21-11)8-16-14(15-5-2)17-9-13-18-10(3)20-19-13;/h6-7H,4-5,8-9H2,1-3H3,(H2,15,16,17);1H. The van der Waals surface area contributed by atoms with E-state index in [1.54, 1.807) is 6.92 Å². The lowest BCUT2D eigenvalue weighted by Crippen LogP contribution is -2.36. The van der Waals surface area contributed by atoms with E-state index in [1.807, 2.05) is 18.3 Å². The van der Waals surface area contributed by atoms with Crippen LogP contribution in [0.1, 0.15) is 35.3 Å². The van der Waals surface area contributed by atoms with Gasteiger partial charge in [0.25, 0.3) is 0 Å². The van der Waals surface area contributed by atoms with Crippen molar-refractivity contribution in [2.24, 2.45) is 4.99 Å². The van der Waals surface area contributed by atoms with Gasteiger partial charge in [0, 0.05) is 23.2 Å². The second kappa shape index (κ2) is 9.78. The molecule has 0 aliphatic heterocycles. The van der Waals surface area contributed by atoms with Gasteiger partial charge in [0.2, 0.25) is 5.89 Å². The van der Waals surface area contributed by atoms with Crippen LogP contribution in [0.5, 0.6) is 0 Å². The summed E-state index contributed by atoms with van der Waals surface area (Å²) in [5.41, 5.74) is 0. The normalized spacial score (nSPS) is 11.1. The molecule has 0 aromatic carbocycles. The lowest BCUT2D eigenvalue weighted by atomic mass is 10.4. The molecule has 0 saturated carbocycles. The van der Waals surface area contributed by atoms with Crippen molar-refractivity contribution < 1.29 is 4.52 Å². The summed E-state index contributed by atoms with van der Waals surface area (Å²) in [6, 6.07) is 4.33. The second-order valence-corrected chi connectivity index (χ2v) is 5.75. The van der Waals surface area contributed by atoms with Crippen LogP contribution in [0.2, 0.25) is 0 Å². The van der Waals surface area contributed by atoms with E-state index in [4.69, 9.17) is 4.52 Å². The molecule has 0 spiro atoms. The Balaban J connectivity index is 0.00000242. The number of nitrogens with one attached hydrogen (secondary N) is 2. The number of halogens is 1. The molecule has 2 rings (SSSR count). The number of hydrogen-bond donors (Lipinski definition) is 2. The highest BCUT2D eigenvalue weighted by molar-refractivity contribution is 14.0. The first kappa shape index (κ1) is 18.9. The Bertz CT molecular complexity index is 596. The third kappa shape index (κ3) is 5.91. The third-order valence-corrected chi connectivity index (χ3v) is 4.02. The van der Waals surface area contributed by atoms with Crippen molar-refractivity contribution in [2.45, 2.75) is 40.3 Å². The van der Waals surface area contributed by atoms with E-state index in [9.17, 15) is 0 Å². The molecule has 2 heterocycles. The van der Waals surface area contributed by atoms with Crippen molar-refractivity contribution in [2.75, 3.05) is 6.54 Å². The molecule has 2 aromatic rings. The molecule has 2 N–H and O–H groups in total. The first-order valence-electron chi connectivity index (χ1n) is 7.10. The van der Waals surface area contributed by atoms with Gasteiger partial charge in [0.05, 0.1) is 6.54 Å². The first-order valence-corrected chi connectivity index (χ1v) is 7.91. The zero-order valence-corrected chi connectivity index (χ0v) is 16.2. The highest BCUT2D eigenvalue weighted by atomic mass is 127. The predicted molar refractivity (Wildman–Crippen MR) is 99.8 cm³/mol. The molecule has 6 nitrogen and oxygen atoms in total. The summed E-state index contributed by atoms with van der Waals surface area (Å²) in [4.78, 5) is 11.3. The Morgan fingerprint density at radius 2 is 2.05 bits per heavy atom. The van der Waals surface area contributed by atoms with Crippen molar-refractivity contribution >= 4 is 41.3 Å². The molecular formula is C14H22IN5OS. The molecule has 22 heavy (non-hydrogen) atoms. The Labute approximate surface area is 151 Å². The zero-order valence-electron chi connectivity index (χ0n) is 13.0. The number of aryl methyl sites for hydroxylation is 2. The van der Waals surface area contributed by atoms with Crippen LogP contribution in [0.25, 0.3) is 0 Å². The van der Waals surface area contributed by atoms with Gasteiger partial charge in [-0.05, 0) is 25.5 Å². The van der Waals surface area contributed by atoms with Crippen LogP contribution in [-0.2, 0) is 19.5 Å². The summed E-state index contributed by atoms with van der Waals surface area (Å²) in [6.07, 6.45) is 1.08. The average molecular weight is 435 g/mol. The number of aromatic nitrogens is 2. The van der Waals surface area contributed by atoms with Crippen LogP contribution in [0.3, 0.4) is 0 Å². The quantitative estimate of drug-likeness (QED) is 0.415. The summed E-state index contributed by atoms with van der Waals surface area (Å²) in [6.45, 7) is 7.95. The molecule has 0 aliphatic carbocycles. The first-order chi connectivity index (χ1) is 10.2. The summed E-state index contributed by atoms with van der Waals surface area (Å²) >= 11 is 1.83. The van der Waals surface area contributed by atoms with E-state index < -0.39 is 0 Å². The van der Waals surface area contributed by atoms with Crippen LogP contribution >= 0.6 is 35.3 Å². The Kier molecular flexibility index (Phi) is 8.39. The summed E-state index contributed by atoms with van der Waals surface area (Å²) < 4.78 is 4.93. The number of nitrogens with zero attached hydrogens (tertiary/aromatic N) is 3. The number of hydrogen-bond acceptors (Lipinski definition) is 5. The molecule has 8 heteroatoms. The molecule has 0 unspecified atom stereocenters. The molecule has 0 bridgehead atoms. The number of thiophene rings is 1. The van der Waals surface area contributed by atoms with Crippen LogP contribution in [0, 0.1) is 6.92 Å². The summed E-state index contributed by atoms with van der Waals surface area (Å²) in [5, 5.41) is 10.4. The highest BCUT2D eigenvalue weighted by Gasteiger charge is 2.04. The van der Waals surface area contributed by atoms with Crippen molar-refractivity contribution in [1.29, 1.82) is 0 Å². The monoisotopic (exact) mass is 435 g/mol. The van der Waals surface area contributed by atoms with Gasteiger partial charge < -0.3 is 15.2 Å². The topological polar surface area (TPSA) is 75.3 Å². The molecule has 2 aromatic heterocycles. The molecule has 0 amide bonds. The Morgan fingerprint density at radius 3 is 2.64 bits per heavy atom. The molecule has 0 saturated heterocycles. The minimum Gasteiger partial charge on any atom is -0.357 e. The zero-order chi connectivity index (χ0) is 15.1. The molecule has 0 atom stereocenters. The van der Waals surface area contributed by atoms with E-state index >= 15 is 0 Å². The maximum atomic E-state index is 4.93. The Morgan fingerprint density at radius 1 is 1.27 bits per heavy atom. The van der Waals surface area contributed by atoms with Crippen molar-refractivity contribution in [1.82, 2.24) is 20.8 Å². The van der Waals surface area contributed by atoms with Gasteiger partial charge in [-0.1, -0.05) is 12.1 Å². The van der Waals surface area contributed by atoms with Crippen LogP contribution < -0.4 is 10.6 Å². The van der Waals surface area contributed by atoms with E-state index in [1.165, 1.54) is 9.75 Å². The van der Waals surface area contributed by atoms with Gasteiger partial charge in [0.15, 0.2) is 11.8 Å². The number of rotatable bonds is 6. The van der Waals surface area contributed by atoms with Gasteiger partial charge in [-0.3, -0.25) is 0 Å². The number of aliphatic imine (C=N–C) groups is 1. The predicted octanol–water partition coefficient (Wildman–Crippen LogP) is 2.88. The van der Waals surface area contributed by atoms with Gasteiger partial charge in [-0.2, -0.15) is 4.98 Å². The largest absolute Gasteiger partial charge is 0.357 e. The van der Waals surface area contributed by atoms with Crippen molar-refractivity contribution in [3.05, 3.63) is 33.6 Å². The maximum Gasteiger partial charge on any atom is 0.223 e.